The van der Waals surface area contributed by atoms with Gasteiger partial charge in [0, 0.05) is 11.5 Å². The predicted molar refractivity (Wildman–Crippen MR) is 76.0 cm³/mol. The first kappa shape index (κ1) is 15.0. The highest BCUT2D eigenvalue weighted by Crippen LogP contribution is 2.27. The molecule has 0 heterocycles. The van der Waals surface area contributed by atoms with Crippen molar-refractivity contribution in [2.45, 2.75) is 26.2 Å². The average molecular weight is 260 g/mol. The van der Waals surface area contributed by atoms with Crippen LogP contribution in [0, 0.1) is 0 Å². The number of carbonyl (C=O) groups is 1. The number of allylic oxidation sites excluding steroid dienone is 3. The molecule has 0 atom stereocenters. The third-order valence-corrected chi connectivity index (χ3v) is 2.73. The van der Waals surface area contributed by atoms with Crippen LogP contribution < -0.4 is 0 Å². The van der Waals surface area contributed by atoms with Crippen molar-refractivity contribution in [1.82, 2.24) is 0 Å². The second-order valence-corrected chi connectivity index (χ2v) is 4.74. The number of hydrogen-bond donors (Lipinski definition) is 1. The minimum absolute atomic E-state index is 0.224. The van der Waals surface area contributed by atoms with E-state index in [0.29, 0.717) is 6.61 Å². The number of carbonyl (C=O) groups excluding carboxylic acids is 1. The molecule has 1 aromatic rings. The second kappa shape index (κ2) is 6.78. The normalized spacial score (nSPS) is 12.2. The van der Waals surface area contributed by atoms with Crippen molar-refractivity contribution in [1.29, 1.82) is 0 Å². The molecule has 0 aromatic heterocycles. The third-order valence-electron chi connectivity index (χ3n) is 2.73. The van der Waals surface area contributed by atoms with Crippen molar-refractivity contribution < 1.29 is 14.6 Å². The maximum atomic E-state index is 11.1. The Hall–Kier alpha value is -2.03. The lowest BCUT2D eigenvalue weighted by Crippen LogP contribution is -2.12. The first-order valence-electron chi connectivity index (χ1n) is 6.28. The Morgan fingerprint density at radius 2 is 2.11 bits per heavy atom. The molecule has 0 aliphatic carbocycles. The van der Waals surface area contributed by atoms with Crippen LogP contribution >= 0.6 is 0 Å². The molecule has 1 N–H and O–H groups in total. The molecule has 0 unspecified atom stereocenters. The number of ether oxygens (including phenoxy) is 1. The van der Waals surface area contributed by atoms with E-state index < -0.39 is 0 Å². The largest absolute Gasteiger partial charge is 0.508 e. The molecule has 0 saturated carbocycles. The third kappa shape index (κ3) is 5.00. The second-order valence-electron chi connectivity index (χ2n) is 4.74. The lowest BCUT2D eigenvalue weighted by atomic mass is 9.84. The Balaban J connectivity index is 2.71. The Labute approximate surface area is 114 Å². The van der Waals surface area contributed by atoms with Crippen LogP contribution in [0.1, 0.15) is 26.3 Å². The number of phenolic OH excluding ortho intramolecular Hbond substituents is 1. The Morgan fingerprint density at radius 3 is 2.74 bits per heavy atom. The number of benzene rings is 1. The Bertz CT molecular complexity index is 485. The molecule has 0 radical (unpaired) electrons. The minimum atomic E-state index is -0.345. The van der Waals surface area contributed by atoms with Gasteiger partial charge in [-0.3, -0.25) is 0 Å². The molecule has 1 rings (SSSR count). The van der Waals surface area contributed by atoms with Gasteiger partial charge in [0.2, 0.25) is 0 Å². The molecule has 3 heteroatoms. The molecule has 0 bridgehead atoms. The highest BCUT2D eigenvalue weighted by atomic mass is 16.5. The molecule has 0 aliphatic rings. The molecule has 3 nitrogen and oxygen atoms in total. The first-order valence-corrected chi connectivity index (χ1v) is 6.28. The molecule has 19 heavy (non-hydrogen) atoms. The average Bonchev–Trinajstić information content (AvgIpc) is 2.35. The van der Waals surface area contributed by atoms with Gasteiger partial charge in [-0.25, -0.2) is 4.79 Å². The van der Waals surface area contributed by atoms with Crippen LogP contribution in [-0.2, 0) is 14.9 Å². The van der Waals surface area contributed by atoms with E-state index in [1.54, 1.807) is 31.2 Å². The van der Waals surface area contributed by atoms with Crippen LogP contribution in [0.2, 0.25) is 0 Å². The quantitative estimate of drug-likeness (QED) is 0.501. The lowest BCUT2D eigenvalue weighted by Gasteiger charge is -2.20. The molecule has 0 aliphatic heterocycles. The van der Waals surface area contributed by atoms with Crippen molar-refractivity contribution in [2.24, 2.45) is 0 Å². The highest BCUT2D eigenvalue weighted by Gasteiger charge is 2.16. The maximum Gasteiger partial charge on any atom is 0.330 e. The fourth-order valence-electron chi connectivity index (χ4n) is 1.62. The van der Waals surface area contributed by atoms with E-state index in [1.165, 1.54) is 6.08 Å². The zero-order valence-corrected chi connectivity index (χ0v) is 11.6. The molecular weight excluding hydrogens is 240 g/mol. The summed E-state index contributed by atoms with van der Waals surface area (Å²) in [5.41, 5.74) is 0.783. The Kier molecular flexibility index (Phi) is 5.37. The lowest BCUT2D eigenvalue weighted by molar-refractivity contribution is -0.137. The predicted octanol–water partition coefficient (Wildman–Crippen LogP) is 3.35. The molecule has 0 fully saturated rings. The fraction of sp³-hybridized carbons (Fsp3) is 0.312. The van der Waals surface area contributed by atoms with E-state index in [-0.39, 0.29) is 17.1 Å². The van der Waals surface area contributed by atoms with Crippen molar-refractivity contribution in [3.8, 4) is 5.75 Å². The number of hydrogen-bond acceptors (Lipinski definition) is 3. The molecule has 1 aromatic carbocycles. The van der Waals surface area contributed by atoms with Crippen LogP contribution in [0.15, 0.2) is 48.6 Å². The summed E-state index contributed by atoms with van der Waals surface area (Å²) in [6, 6.07) is 7.15. The van der Waals surface area contributed by atoms with Gasteiger partial charge in [-0.1, -0.05) is 44.2 Å². The van der Waals surface area contributed by atoms with Crippen LogP contribution in [-0.4, -0.2) is 17.7 Å². The molecule has 0 saturated heterocycles. The van der Waals surface area contributed by atoms with Gasteiger partial charge in [0.1, 0.15) is 5.75 Å². The van der Waals surface area contributed by atoms with E-state index in [0.717, 1.165) is 5.56 Å². The van der Waals surface area contributed by atoms with Gasteiger partial charge in [-0.15, -0.1) is 0 Å². The monoisotopic (exact) mass is 260 g/mol. The molecular formula is C16H20O3. The van der Waals surface area contributed by atoms with E-state index in [9.17, 15) is 9.90 Å². The zero-order chi connectivity index (χ0) is 14.3. The fourth-order valence-corrected chi connectivity index (χ4v) is 1.62. The zero-order valence-electron chi connectivity index (χ0n) is 11.6. The van der Waals surface area contributed by atoms with Gasteiger partial charge < -0.3 is 9.84 Å². The summed E-state index contributed by atoms with van der Waals surface area (Å²) in [5.74, 6) is -0.0941. The summed E-state index contributed by atoms with van der Waals surface area (Å²) in [4.78, 5) is 11.1. The van der Waals surface area contributed by atoms with Crippen molar-refractivity contribution >= 4 is 5.97 Å². The number of rotatable bonds is 5. The Morgan fingerprint density at radius 1 is 1.37 bits per heavy atom. The van der Waals surface area contributed by atoms with Crippen molar-refractivity contribution in [3.05, 3.63) is 54.1 Å². The van der Waals surface area contributed by atoms with E-state index in [1.807, 2.05) is 32.1 Å². The van der Waals surface area contributed by atoms with Gasteiger partial charge in [0.05, 0.1) is 6.61 Å². The van der Waals surface area contributed by atoms with Gasteiger partial charge in [0.25, 0.3) is 0 Å². The van der Waals surface area contributed by atoms with Gasteiger partial charge in [0.15, 0.2) is 0 Å². The summed E-state index contributed by atoms with van der Waals surface area (Å²) in [6.07, 6.45) is 6.82. The van der Waals surface area contributed by atoms with Crippen LogP contribution in [0.25, 0.3) is 0 Å². The van der Waals surface area contributed by atoms with Gasteiger partial charge >= 0.3 is 5.97 Å². The highest BCUT2D eigenvalue weighted by molar-refractivity contribution is 5.82. The molecule has 0 amide bonds. The first-order chi connectivity index (χ1) is 8.95. The van der Waals surface area contributed by atoms with Gasteiger partial charge in [-0.2, -0.15) is 0 Å². The van der Waals surface area contributed by atoms with E-state index in [4.69, 9.17) is 4.74 Å². The molecule has 102 valence electrons. The number of aromatic hydroxyl groups is 1. The van der Waals surface area contributed by atoms with E-state index >= 15 is 0 Å². The SMILES string of the molecule is CCOC(=O)C=CC=CC(C)(C)c1cccc(O)c1. The van der Waals surface area contributed by atoms with Crippen LogP contribution in [0.4, 0.5) is 0 Å². The summed E-state index contributed by atoms with van der Waals surface area (Å²) in [6.45, 7) is 6.22. The topological polar surface area (TPSA) is 46.5 Å². The maximum absolute atomic E-state index is 11.1. The van der Waals surface area contributed by atoms with Crippen LogP contribution in [0.3, 0.4) is 0 Å². The smallest absolute Gasteiger partial charge is 0.330 e. The molecule has 0 spiro atoms. The standard InChI is InChI=1S/C16H20O3/c1-4-19-15(18)10-5-6-11-16(2,3)13-8-7-9-14(17)12-13/h5-12,17H,4H2,1-3H3. The van der Waals surface area contributed by atoms with Crippen molar-refractivity contribution in [2.75, 3.05) is 6.61 Å². The number of phenols is 1. The number of esters is 1. The summed E-state index contributed by atoms with van der Waals surface area (Å²) in [7, 11) is 0. The van der Waals surface area contributed by atoms with E-state index in [2.05, 4.69) is 0 Å². The summed E-state index contributed by atoms with van der Waals surface area (Å²) < 4.78 is 4.78. The van der Waals surface area contributed by atoms with Crippen molar-refractivity contribution in [3.63, 3.8) is 0 Å². The van der Waals surface area contributed by atoms with Crippen LogP contribution in [0.5, 0.6) is 5.75 Å². The summed E-state index contributed by atoms with van der Waals surface area (Å²) in [5, 5.41) is 9.48. The minimum Gasteiger partial charge on any atom is -0.508 e. The van der Waals surface area contributed by atoms with Gasteiger partial charge in [-0.05, 0) is 24.6 Å². The summed E-state index contributed by atoms with van der Waals surface area (Å²) >= 11 is 0.